The van der Waals surface area contributed by atoms with E-state index in [2.05, 4.69) is 20.9 Å². The molecule has 0 radical (unpaired) electrons. The minimum atomic E-state index is -0.404. The fourth-order valence-electron chi connectivity index (χ4n) is 3.67. The largest absolute Gasteiger partial charge is 0.493 e. The molecule has 0 spiro atoms. The zero-order valence-electron chi connectivity index (χ0n) is 18.3. The van der Waals surface area contributed by atoms with Gasteiger partial charge >= 0.3 is 5.97 Å². The van der Waals surface area contributed by atoms with Gasteiger partial charge in [0, 0.05) is 11.2 Å². The Kier molecular flexibility index (Phi) is 7.36. The summed E-state index contributed by atoms with van der Waals surface area (Å²) in [4.78, 5) is 19.5. The first-order valence-electron chi connectivity index (χ1n) is 10.3. The number of esters is 1. The van der Waals surface area contributed by atoms with Crippen LogP contribution >= 0.6 is 39.3 Å². The third-order valence-corrected chi connectivity index (χ3v) is 6.79. The zero-order valence-corrected chi connectivity index (χ0v) is 21.5. The quantitative estimate of drug-likeness (QED) is 0.370. The molecule has 2 aliphatic heterocycles. The van der Waals surface area contributed by atoms with E-state index in [1.54, 1.807) is 14.0 Å². The van der Waals surface area contributed by atoms with E-state index in [0.717, 1.165) is 16.3 Å². The van der Waals surface area contributed by atoms with Gasteiger partial charge in [0.15, 0.2) is 16.7 Å². The van der Waals surface area contributed by atoms with Gasteiger partial charge in [-0.3, -0.25) is 0 Å². The summed E-state index contributed by atoms with van der Waals surface area (Å²) in [6.07, 6.45) is 1.92. The third kappa shape index (κ3) is 4.93. The van der Waals surface area contributed by atoms with Gasteiger partial charge in [0.25, 0.3) is 0 Å². The van der Waals surface area contributed by atoms with Crippen LogP contribution in [-0.2, 0) is 16.1 Å². The van der Waals surface area contributed by atoms with E-state index in [4.69, 9.17) is 25.8 Å². The normalized spacial score (nSPS) is 17.1. The van der Waals surface area contributed by atoms with Crippen LogP contribution in [0.2, 0.25) is 5.02 Å². The van der Waals surface area contributed by atoms with Crippen molar-refractivity contribution < 1.29 is 19.0 Å². The number of halogens is 2. The summed E-state index contributed by atoms with van der Waals surface area (Å²) < 4.78 is 17.8. The van der Waals surface area contributed by atoms with Crippen molar-refractivity contribution in [2.45, 2.75) is 26.5 Å². The highest BCUT2D eigenvalue weighted by Crippen LogP contribution is 2.45. The Morgan fingerprint density at radius 1 is 1.27 bits per heavy atom. The first-order valence-corrected chi connectivity index (χ1v) is 12.3. The molecule has 0 aromatic heterocycles. The van der Waals surface area contributed by atoms with Gasteiger partial charge in [0.2, 0.25) is 0 Å². The highest BCUT2D eigenvalue weighted by atomic mass is 79.9. The Balaban J connectivity index is 1.70. The molecule has 33 heavy (non-hydrogen) atoms. The molecule has 1 atom stereocenters. The molecule has 0 N–H and O–H groups in total. The molecule has 4 rings (SSSR count). The maximum atomic E-state index is 12.9. The number of carbonyl (C=O) groups excluding carboxylic acids is 1. The molecule has 2 heterocycles. The van der Waals surface area contributed by atoms with Gasteiger partial charge in [-0.2, -0.15) is 0 Å². The number of aliphatic imine (C=N–C) groups is 1. The van der Waals surface area contributed by atoms with E-state index in [9.17, 15) is 4.79 Å². The minimum absolute atomic E-state index is 0.286. The van der Waals surface area contributed by atoms with Gasteiger partial charge in [-0.25, -0.2) is 9.79 Å². The number of ether oxygens (including phenoxy) is 3. The second-order valence-electron chi connectivity index (χ2n) is 7.28. The van der Waals surface area contributed by atoms with Crippen LogP contribution in [0.15, 0.2) is 68.7 Å². The van der Waals surface area contributed by atoms with Gasteiger partial charge < -0.3 is 19.1 Å². The Morgan fingerprint density at radius 2 is 2.03 bits per heavy atom. The average molecular weight is 550 g/mol. The van der Waals surface area contributed by atoms with Crippen LogP contribution in [0.1, 0.15) is 31.0 Å². The van der Waals surface area contributed by atoms with Gasteiger partial charge in [-0.05, 0) is 70.6 Å². The van der Waals surface area contributed by atoms with Crippen LogP contribution in [0, 0.1) is 0 Å². The van der Waals surface area contributed by atoms with E-state index in [1.807, 2.05) is 59.8 Å². The zero-order chi connectivity index (χ0) is 23.5. The lowest BCUT2D eigenvalue weighted by Gasteiger charge is -2.33. The maximum absolute atomic E-state index is 12.9. The van der Waals surface area contributed by atoms with Gasteiger partial charge in [0.1, 0.15) is 6.61 Å². The fraction of sp³-hybridized carbons (Fsp3) is 0.250. The summed E-state index contributed by atoms with van der Waals surface area (Å²) in [6, 6.07) is 10.9. The SMILES string of the molecule is CCOC(=O)C1=C(C)N=C2SC=CN2[C@H]1c1cc(Br)c(OCc2ccc(Cl)cc2)c(OC)c1. The maximum Gasteiger partial charge on any atom is 0.338 e. The summed E-state index contributed by atoms with van der Waals surface area (Å²) in [5.74, 6) is 0.742. The molecule has 9 heteroatoms. The topological polar surface area (TPSA) is 60.4 Å². The summed E-state index contributed by atoms with van der Waals surface area (Å²) in [7, 11) is 1.59. The Morgan fingerprint density at radius 3 is 2.73 bits per heavy atom. The molecular weight excluding hydrogens is 528 g/mol. The third-order valence-electron chi connectivity index (χ3n) is 5.18. The van der Waals surface area contributed by atoms with Crippen molar-refractivity contribution in [1.29, 1.82) is 0 Å². The van der Waals surface area contributed by atoms with Crippen molar-refractivity contribution in [1.82, 2.24) is 4.90 Å². The number of carbonyl (C=O) groups is 1. The van der Waals surface area contributed by atoms with Crippen molar-refractivity contribution in [2.75, 3.05) is 13.7 Å². The molecule has 2 aliphatic rings. The molecule has 0 saturated heterocycles. The molecule has 0 fully saturated rings. The second kappa shape index (κ2) is 10.2. The summed E-state index contributed by atoms with van der Waals surface area (Å²) in [6.45, 7) is 4.26. The fourth-order valence-corrected chi connectivity index (χ4v) is 5.16. The summed E-state index contributed by atoms with van der Waals surface area (Å²) in [5.41, 5.74) is 2.96. The van der Waals surface area contributed by atoms with E-state index in [0.29, 0.717) is 38.9 Å². The number of amidine groups is 1. The number of hydrogen-bond donors (Lipinski definition) is 0. The molecule has 172 valence electrons. The number of benzene rings is 2. The molecule has 0 aliphatic carbocycles. The van der Waals surface area contributed by atoms with Gasteiger partial charge in [-0.1, -0.05) is 35.5 Å². The number of nitrogens with zero attached hydrogens (tertiary/aromatic N) is 2. The smallest absolute Gasteiger partial charge is 0.338 e. The molecule has 0 unspecified atom stereocenters. The predicted octanol–water partition coefficient (Wildman–Crippen LogP) is 6.46. The Labute approximate surface area is 210 Å². The van der Waals surface area contributed by atoms with Crippen LogP contribution in [0.4, 0.5) is 0 Å². The van der Waals surface area contributed by atoms with Gasteiger partial charge in [-0.15, -0.1) is 0 Å². The monoisotopic (exact) mass is 548 g/mol. The van der Waals surface area contributed by atoms with Crippen LogP contribution in [0.25, 0.3) is 0 Å². The van der Waals surface area contributed by atoms with E-state index in [1.165, 1.54) is 11.8 Å². The standard InChI is InChI=1S/C24H22BrClN2O4S/c1-4-31-23(29)20-14(2)27-24-28(9-10-33-24)21(20)16-11-18(25)22(19(12-16)30-3)32-13-15-5-7-17(26)8-6-15/h5-12,21H,4,13H2,1-3H3/t21-/m0/s1. The molecule has 6 nitrogen and oxygen atoms in total. The number of thioether (sulfide) groups is 1. The number of methoxy groups -OCH3 is 1. The lowest BCUT2D eigenvalue weighted by molar-refractivity contribution is -0.139. The first-order chi connectivity index (χ1) is 15.9. The number of allylic oxidation sites excluding steroid dienone is 1. The Hall–Kier alpha value is -2.42. The second-order valence-corrected chi connectivity index (χ2v) is 9.44. The van der Waals surface area contributed by atoms with Crippen LogP contribution in [-0.4, -0.2) is 29.8 Å². The molecular formula is C24H22BrClN2O4S. The minimum Gasteiger partial charge on any atom is -0.493 e. The number of rotatable bonds is 7. The van der Waals surface area contributed by atoms with Crippen molar-refractivity contribution in [3.05, 3.63) is 79.9 Å². The summed E-state index contributed by atoms with van der Waals surface area (Å²) in [5, 5.41) is 3.43. The number of fused-ring (bicyclic) bond motifs is 1. The molecule has 0 amide bonds. The van der Waals surface area contributed by atoms with E-state index < -0.39 is 6.04 Å². The van der Waals surface area contributed by atoms with E-state index in [-0.39, 0.29) is 12.6 Å². The summed E-state index contributed by atoms with van der Waals surface area (Å²) >= 11 is 11.1. The highest BCUT2D eigenvalue weighted by Gasteiger charge is 2.38. The van der Waals surface area contributed by atoms with Crippen LogP contribution in [0.3, 0.4) is 0 Å². The van der Waals surface area contributed by atoms with Crippen molar-refractivity contribution >= 4 is 50.4 Å². The molecule has 0 saturated carbocycles. The predicted molar refractivity (Wildman–Crippen MR) is 135 cm³/mol. The molecule has 2 aromatic rings. The number of hydrogen-bond acceptors (Lipinski definition) is 7. The average Bonchev–Trinajstić information content (AvgIpc) is 3.26. The van der Waals surface area contributed by atoms with Crippen LogP contribution < -0.4 is 9.47 Å². The van der Waals surface area contributed by atoms with Crippen molar-refractivity contribution in [2.24, 2.45) is 4.99 Å². The molecule has 0 bridgehead atoms. The van der Waals surface area contributed by atoms with Crippen molar-refractivity contribution in [3.8, 4) is 11.5 Å². The highest BCUT2D eigenvalue weighted by molar-refractivity contribution is 9.10. The first kappa shape index (κ1) is 23.7. The van der Waals surface area contributed by atoms with Crippen LogP contribution in [0.5, 0.6) is 11.5 Å². The van der Waals surface area contributed by atoms with Gasteiger partial charge in [0.05, 0.1) is 35.5 Å². The van der Waals surface area contributed by atoms with E-state index >= 15 is 0 Å². The molecule has 2 aromatic carbocycles. The van der Waals surface area contributed by atoms with Crippen molar-refractivity contribution in [3.63, 3.8) is 0 Å². The lowest BCUT2D eigenvalue weighted by atomic mass is 9.94. The Bertz CT molecular complexity index is 1160. The lowest BCUT2D eigenvalue weighted by Crippen LogP contribution is -2.34.